The molecule has 4 aromatic rings. The molecule has 0 aliphatic carbocycles. The van der Waals surface area contributed by atoms with Gasteiger partial charge in [0.05, 0.1) is 22.3 Å². The van der Waals surface area contributed by atoms with Crippen LogP contribution in [0.25, 0.3) is 16.7 Å². The van der Waals surface area contributed by atoms with Crippen LogP contribution in [0.1, 0.15) is 45.7 Å². The van der Waals surface area contributed by atoms with Crippen molar-refractivity contribution in [2.24, 2.45) is 0 Å². The van der Waals surface area contributed by atoms with Crippen LogP contribution in [0.5, 0.6) is 0 Å². The maximum atomic E-state index is 13.1. The number of hydrogen-bond donors (Lipinski definition) is 1. The summed E-state index contributed by atoms with van der Waals surface area (Å²) >= 11 is 0. The zero-order valence-corrected chi connectivity index (χ0v) is 17.8. The second-order valence-electron chi connectivity index (χ2n) is 7.86. The van der Waals surface area contributed by atoms with Crippen LogP contribution in [0.4, 0.5) is 0 Å². The number of nitrogens with zero attached hydrogens (tertiary/aromatic N) is 3. The first-order chi connectivity index (χ1) is 14.4. The van der Waals surface area contributed by atoms with E-state index >= 15 is 0 Å². The Balaban J connectivity index is 1.67. The summed E-state index contributed by atoms with van der Waals surface area (Å²) in [5.74, 6) is 0.129. The Morgan fingerprint density at radius 3 is 2.43 bits per heavy atom. The first-order valence-electron chi connectivity index (χ1n) is 10.2. The molecule has 2 heterocycles. The average molecular weight is 399 g/mol. The number of aromatic nitrogens is 3. The number of pyridine rings is 1. The topological polar surface area (TPSA) is 59.8 Å². The van der Waals surface area contributed by atoms with Gasteiger partial charge < -0.3 is 5.32 Å². The van der Waals surface area contributed by atoms with Crippen LogP contribution in [-0.2, 0) is 0 Å². The Labute approximate surface area is 176 Å². The quantitative estimate of drug-likeness (QED) is 0.521. The fraction of sp³-hybridized carbons (Fsp3) is 0.240. The lowest BCUT2D eigenvalue weighted by atomic mass is 10.0. The van der Waals surface area contributed by atoms with Crippen LogP contribution in [0.2, 0.25) is 0 Å². The van der Waals surface area contributed by atoms with Crippen molar-refractivity contribution in [2.75, 3.05) is 6.54 Å². The lowest BCUT2D eigenvalue weighted by Gasteiger charge is -2.14. The van der Waals surface area contributed by atoms with Crippen molar-refractivity contribution >= 4 is 16.9 Å². The molecule has 4 rings (SSSR count). The predicted molar refractivity (Wildman–Crippen MR) is 120 cm³/mol. The van der Waals surface area contributed by atoms with E-state index in [1.807, 2.05) is 67.1 Å². The molecule has 0 spiro atoms. The molecule has 5 nitrogen and oxygen atoms in total. The fourth-order valence-electron chi connectivity index (χ4n) is 3.70. The summed E-state index contributed by atoms with van der Waals surface area (Å²) in [6, 6.07) is 20.2. The third kappa shape index (κ3) is 3.83. The van der Waals surface area contributed by atoms with Crippen molar-refractivity contribution < 1.29 is 4.79 Å². The highest BCUT2D eigenvalue weighted by Gasteiger charge is 2.20. The second-order valence-corrected chi connectivity index (χ2v) is 7.86. The Morgan fingerprint density at radius 2 is 1.73 bits per heavy atom. The summed E-state index contributed by atoms with van der Waals surface area (Å²) < 4.78 is 1.82. The molecule has 0 aliphatic heterocycles. The summed E-state index contributed by atoms with van der Waals surface area (Å²) in [5, 5.41) is 8.58. The SMILES string of the molecule is Cc1ccc(-n2nc(C)c3c(C(=O)NCC(C)c4ccccc4)cc(C)nc32)cc1. The normalized spacial score (nSPS) is 12.1. The molecule has 0 fully saturated rings. The van der Waals surface area contributed by atoms with Crippen molar-refractivity contribution in [3.05, 3.63) is 88.7 Å². The molecule has 2 aromatic carbocycles. The molecule has 30 heavy (non-hydrogen) atoms. The molecule has 152 valence electrons. The summed E-state index contributed by atoms with van der Waals surface area (Å²) in [6.45, 7) is 8.57. The Hall–Kier alpha value is -3.47. The molecule has 0 bridgehead atoms. The van der Waals surface area contributed by atoms with Gasteiger partial charge in [-0.3, -0.25) is 4.79 Å². The molecule has 0 radical (unpaired) electrons. The number of aryl methyl sites for hydroxylation is 3. The zero-order chi connectivity index (χ0) is 21.3. The molecule has 0 saturated carbocycles. The summed E-state index contributed by atoms with van der Waals surface area (Å²) in [4.78, 5) is 17.8. The summed E-state index contributed by atoms with van der Waals surface area (Å²) in [5.41, 5.74) is 6.23. The van der Waals surface area contributed by atoms with Gasteiger partial charge in [-0.05, 0) is 50.5 Å². The van der Waals surface area contributed by atoms with Gasteiger partial charge in [-0.2, -0.15) is 5.10 Å². The molecule has 1 N–H and O–H groups in total. The number of hydrogen-bond acceptors (Lipinski definition) is 3. The minimum Gasteiger partial charge on any atom is -0.351 e. The summed E-state index contributed by atoms with van der Waals surface area (Å²) in [6.07, 6.45) is 0. The predicted octanol–water partition coefficient (Wildman–Crippen LogP) is 4.88. The van der Waals surface area contributed by atoms with E-state index in [2.05, 4.69) is 31.3 Å². The van der Waals surface area contributed by atoms with Gasteiger partial charge in [0.2, 0.25) is 0 Å². The number of rotatable bonds is 5. The van der Waals surface area contributed by atoms with Gasteiger partial charge in [0.1, 0.15) is 0 Å². The molecule has 1 atom stereocenters. The van der Waals surface area contributed by atoms with Crippen molar-refractivity contribution in [1.29, 1.82) is 0 Å². The van der Waals surface area contributed by atoms with E-state index < -0.39 is 0 Å². The molecule has 0 saturated heterocycles. The third-order valence-electron chi connectivity index (χ3n) is 5.40. The molecule has 1 unspecified atom stereocenters. The van der Waals surface area contributed by atoms with Gasteiger partial charge in [0.25, 0.3) is 5.91 Å². The maximum Gasteiger partial charge on any atom is 0.252 e. The van der Waals surface area contributed by atoms with Gasteiger partial charge in [-0.25, -0.2) is 9.67 Å². The molecular formula is C25H26N4O. The first kappa shape index (κ1) is 19.8. The van der Waals surface area contributed by atoms with E-state index in [1.54, 1.807) is 0 Å². The number of carbonyl (C=O) groups is 1. The molecule has 2 aromatic heterocycles. The van der Waals surface area contributed by atoms with E-state index in [0.717, 1.165) is 22.5 Å². The van der Waals surface area contributed by atoms with Gasteiger partial charge >= 0.3 is 0 Å². The van der Waals surface area contributed by atoms with Gasteiger partial charge in [-0.1, -0.05) is 55.0 Å². The number of fused-ring (bicyclic) bond motifs is 1. The van der Waals surface area contributed by atoms with E-state index in [9.17, 15) is 4.79 Å². The van der Waals surface area contributed by atoms with Crippen molar-refractivity contribution in [2.45, 2.75) is 33.6 Å². The molecular weight excluding hydrogens is 372 g/mol. The highest BCUT2D eigenvalue weighted by atomic mass is 16.1. The zero-order valence-electron chi connectivity index (χ0n) is 17.8. The van der Waals surface area contributed by atoms with Gasteiger partial charge in [0, 0.05) is 12.2 Å². The van der Waals surface area contributed by atoms with E-state index in [-0.39, 0.29) is 11.8 Å². The number of nitrogens with one attached hydrogen (secondary N) is 1. The minimum absolute atomic E-state index is 0.0974. The van der Waals surface area contributed by atoms with E-state index in [0.29, 0.717) is 17.8 Å². The van der Waals surface area contributed by atoms with Crippen molar-refractivity contribution in [3.63, 3.8) is 0 Å². The standard InChI is InChI=1S/C25H26N4O/c1-16-10-12-21(13-11-16)29-24-23(19(4)28-29)22(14-18(3)27-24)25(30)26-15-17(2)20-8-6-5-7-9-20/h5-14,17H,15H2,1-4H3,(H,26,30). The minimum atomic E-state index is -0.0974. The van der Waals surface area contributed by atoms with E-state index in [1.165, 1.54) is 11.1 Å². The first-order valence-corrected chi connectivity index (χ1v) is 10.2. The Bertz CT molecular complexity index is 1190. The van der Waals surface area contributed by atoms with Crippen LogP contribution in [0, 0.1) is 20.8 Å². The van der Waals surface area contributed by atoms with Crippen LogP contribution in [0.15, 0.2) is 60.7 Å². The van der Waals surface area contributed by atoms with Crippen LogP contribution >= 0.6 is 0 Å². The summed E-state index contributed by atoms with van der Waals surface area (Å²) in [7, 11) is 0. The third-order valence-corrected chi connectivity index (χ3v) is 5.40. The molecule has 5 heteroatoms. The van der Waals surface area contributed by atoms with Crippen LogP contribution in [-0.4, -0.2) is 27.2 Å². The smallest absolute Gasteiger partial charge is 0.252 e. The Morgan fingerprint density at radius 1 is 1.03 bits per heavy atom. The second kappa shape index (κ2) is 8.11. The average Bonchev–Trinajstić information content (AvgIpc) is 3.08. The highest BCUT2D eigenvalue weighted by Crippen LogP contribution is 2.25. The Kier molecular flexibility index (Phi) is 5.36. The van der Waals surface area contributed by atoms with Crippen LogP contribution < -0.4 is 5.32 Å². The molecule has 1 amide bonds. The van der Waals surface area contributed by atoms with Crippen molar-refractivity contribution in [3.8, 4) is 5.69 Å². The molecule has 0 aliphatic rings. The largest absolute Gasteiger partial charge is 0.351 e. The van der Waals surface area contributed by atoms with Crippen molar-refractivity contribution in [1.82, 2.24) is 20.1 Å². The number of amides is 1. The lowest BCUT2D eigenvalue weighted by molar-refractivity contribution is 0.0953. The monoisotopic (exact) mass is 398 g/mol. The fourth-order valence-corrected chi connectivity index (χ4v) is 3.70. The number of benzene rings is 2. The maximum absolute atomic E-state index is 13.1. The highest BCUT2D eigenvalue weighted by molar-refractivity contribution is 6.06. The van der Waals surface area contributed by atoms with Gasteiger partial charge in [-0.15, -0.1) is 0 Å². The number of carbonyl (C=O) groups excluding carboxylic acids is 1. The van der Waals surface area contributed by atoms with Crippen LogP contribution in [0.3, 0.4) is 0 Å². The van der Waals surface area contributed by atoms with Gasteiger partial charge in [0.15, 0.2) is 5.65 Å². The lowest BCUT2D eigenvalue weighted by Crippen LogP contribution is -2.28. The van der Waals surface area contributed by atoms with E-state index in [4.69, 9.17) is 10.1 Å².